The average molecular weight is 372 g/mol. The van der Waals surface area contributed by atoms with Crippen molar-refractivity contribution >= 4 is 17.6 Å². The summed E-state index contributed by atoms with van der Waals surface area (Å²) in [5, 5.41) is 1.44. The molecule has 0 saturated heterocycles. The Morgan fingerprint density at radius 3 is 2.22 bits per heavy atom. The highest BCUT2D eigenvalue weighted by molar-refractivity contribution is 5.86. The van der Waals surface area contributed by atoms with Gasteiger partial charge in [0.15, 0.2) is 0 Å². The molecule has 0 fully saturated rings. The molecule has 1 aromatic heterocycles. The van der Waals surface area contributed by atoms with E-state index in [2.05, 4.69) is 87.6 Å². The molecule has 0 aliphatic carbocycles. The van der Waals surface area contributed by atoms with E-state index in [1.165, 1.54) is 27.7 Å². The van der Waals surface area contributed by atoms with Gasteiger partial charge in [-0.15, -0.1) is 6.58 Å². The largest absolute Gasteiger partial charge is 0.345 e. The molecule has 2 aromatic rings. The second kappa shape index (κ2) is 14.2. The number of rotatable bonds is 7. The second-order valence-corrected chi connectivity index (χ2v) is 6.73. The number of nitrogens with zero attached hydrogens (tertiary/aromatic N) is 3. The maximum absolute atomic E-state index is 3.60. The summed E-state index contributed by atoms with van der Waals surface area (Å²) in [4.78, 5) is 5.99. The molecule has 0 unspecified atom stereocenters. The maximum Gasteiger partial charge on any atom is 0.0485 e. The molecule has 0 aliphatic rings. The monoisotopic (exact) mass is 371 g/mol. The molecule has 0 N–H and O–H groups in total. The van der Waals surface area contributed by atoms with Crippen LogP contribution in [0, 0.1) is 6.92 Å². The lowest BCUT2D eigenvalue weighted by atomic mass is 10.1. The Morgan fingerprint density at radius 2 is 1.81 bits per heavy atom. The highest BCUT2D eigenvalue weighted by Gasteiger charge is 2.15. The molecule has 0 radical (unpaired) electrons. The van der Waals surface area contributed by atoms with Gasteiger partial charge in [0.25, 0.3) is 0 Å². The third-order valence-electron chi connectivity index (χ3n) is 4.44. The fourth-order valence-corrected chi connectivity index (χ4v) is 3.07. The Kier molecular flexibility index (Phi) is 13.2. The lowest BCUT2D eigenvalue weighted by Gasteiger charge is -2.15. The van der Waals surface area contributed by atoms with Crippen molar-refractivity contribution in [2.24, 2.45) is 4.99 Å². The van der Waals surface area contributed by atoms with Gasteiger partial charge < -0.3 is 14.5 Å². The summed E-state index contributed by atoms with van der Waals surface area (Å²) in [6, 6.07) is 6.85. The van der Waals surface area contributed by atoms with Crippen LogP contribution in [-0.2, 0) is 19.5 Å². The fraction of sp³-hybridized carbons (Fsp3) is 0.542. The van der Waals surface area contributed by atoms with Crippen molar-refractivity contribution in [3.8, 4) is 0 Å². The van der Waals surface area contributed by atoms with Crippen LogP contribution in [0.3, 0.4) is 0 Å². The second-order valence-electron chi connectivity index (χ2n) is 6.73. The van der Waals surface area contributed by atoms with E-state index in [1.807, 2.05) is 6.92 Å². The van der Waals surface area contributed by atoms with Crippen molar-refractivity contribution in [3.05, 3.63) is 47.7 Å². The van der Waals surface area contributed by atoms with Crippen LogP contribution in [0.25, 0.3) is 10.9 Å². The predicted octanol–water partition coefficient (Wildman–Crippen LogP) is 6.27. The lowest BCUT2D eigenvalue weighted by molar-refractivity contribution is 0.345. The molecule has 1 aromatic carbocycles. The number of aliphatic imine (C=N–C) groups is 1. The number of hydrogen-bond donors (Lipinski definition) is 0. The van der Waals surface area contributed by atoms with E-state index in [0.29, 0.717) is 0 Å². The van der Waals surface area contributed by atoms with Crippen LogP contribution in [0.5, 0.6) is 0 Å². The standard InChI is InChI=1S/C17H26N2.C4H9N.C3H6/c1-6-16-15(12-18(5)7-2)14-11-13(4)9-10-17(14)19(16)8-3;1-3-4-5-2;1-3-2/h9-11H,6-8,12H2,1-5H3;2-4H2,1H3;3H,1H2,2H3. The third-order valence-corrected chi connectivity index (χ3v) is 4.44. The molecule has 0 spiro atoms. The zero-order valence-corrected chi connectivity index (χ0v) is 18.8. The number of benzene rings is 1. The summed E-state index contributed by atoms with van der Waals surface area (Å²) in [7, 11) is 2.20. The number of aryl methyl sites for hydroxylation is 2. The van der Waals surface area contributed by atoms with Crippen molar-refractivity contribution in [3.63, 3.8) is 0 Å². The van der Waals surface area contributed by atoms with Crippen LogP contribution in [0.4, 0.5) is 0 Å². The Balaban J connectivity index is 0.000000719. The number of allylic oxidation sites excluding steroid dienone is 1. The average Bonchev–Trinajstić information content (AvgIpc) is 2.95. The highest BCUT2D eigenvalue weighted by Crippen LogP contribution is 2.28. The van der Waals surface area contributed by atoms with Crippen LogP contribution < -0.4 is 0 Å². The van der Waals surface area contributed by atoms with Crippen molar-refractivity contribution < 1.29 is 0 Å². The summed E-state index contributed by atoms with van der Waals surface area (Å²) < 4.78 is 2.48. The predicted molar refractivity (Wildman–Crippen MR) is 124 cm³/mol. The number of hydrogen-bond acceptors (Lipinski definition) is 2. The van der Waals surface area contributed by atoms with Gasteiger partial charge in [-0.3, -0.25) is 0 Å². The maximum atomic E-state index is 3.60. The van der Waals surface area contributed by atoms with Gasteiger partial charge in [0.2, 0.25) is 0 Å². The van der Waals surface area contributed by atoms with E-state index in [0.717, 1.165) is 39.0 Å². The first-order chi connectivity index (χ1) is 12.9. The van der Waals surface area contributed by atoms with Gasteiger partial charge in [-0.2, -0.15) is 0 Å². The Hall–Kier alpha value is -1.87. The van der Waals surface area contributed by atoms with Gasteiger partial charge in [0.1, 0.15) is 0 Å². The van der Waals surface area contributed by atoms with Crippen molar-refractivity contribution in [2.45, 2.75) is 67.5 Å². The van der Waals surface area contributed by atoms with Gasteiger partial charge in [-0.25, -0.2) is 0 Å². The van der Waals surface area contributed by atoms with Crippen LogP contribution in [0.1, 0.15) is 57.9 Å². The highest BCUT2D eigenvalue weighted by atomic mass is 15.1. The minimum Gasteiger partial charge on any atom is -0.345 e. The zero-order valence-electron chi connectivity index (χ0n) is 18.8. The van der Waals surface area contributed by atoms with E-state index in [9.17, 15) is 0 Å². The number of aromatic nitrogens is 1. The smallest absolute Gasteiger partial charge is 0.0485 e. The Labute approximate surface area is 167 Å². The van der Waals surface area contributed by atoms with Crippen molar-refractivity contribution in [1.29, 1.82) is 0 Å². The minimum absolute atomic E-state index is 0.903. The molecular formula is C24H41N3. The first-order valence-electron chi connectivity index (χ1n) is 10.2. The van der Waals surface area contributed by atoms with Crippen molar-refractivity contribution in [1.82, 2.24) is 9.47 Å². The van der Waals surface area contributed by atoms with Crippen LogP contribution in [0.15, 0.2) is 35.8 Å². The summed E-state index contributed by atoms with van der Waals surface area (Å²) in [5.74, 6) is 0. The molecule has 1 heterocycles. The lowest BCUT2D eigenvalue weighted by Crippen LogP contribution is -2.17. The summed E-state index contributed by atoms with van der Waals surface area (Å²) in [6.07, 6.45) is 3.97. The van der Waals surface area contributed by atoms with Gasteiger partial charge in [0, 0.05) is 36.2 Å². The number of fused-ring (bicyclic) bond motifs is 1. The molecule has 0 atom stereocenters. The molecule has 152 valence electrons. The van der Waals surface area contributed by atoms with E-state index < -0.39 is 0 Å². The zero-order chi connectivity index (χ0) is 20.8. The first kappa shape index (κ1) is 25.1. The van der Waals surface area contributed by atoms with Gasteiger partial charge in [0.05, 0.1) is 0 Å². The van der Waals surface area contributed by atoms with Crippen LogP contribution in [0.2, 0.25) is 0 Å². The third kappa shape index (κ3) is 7.72. The van der Waals surface area contributed by atoms with E-state index in [-0.39, 0.29) is 0 Å². The van der Waals surface area contributed by atoms with Crippen LogP contribution in [-0.4, -0.2) is 36.3 Å². The molecule has 2 rings (SSSR count). The summed E-state index contributed by atoms with van der Waals surface area (Å²) in [5.41, 5.74) is 5.77. The molecule has 3 heteroatoms. The molecule has 0 bridgehead atoms. The Bertz CT molecular complexity index is 682. The quantitative estimate of drug-likeness (QED) is 0.415. The SMILES string of the molecule is C=CC.C=NCCC.CCc1c(CN(C)CC)c2cc(C)ccc2n1CC. The molecule has 27 heavy (non-hydrogen) atoms. The van der Waals surface area contributed by atoms with E-state index in [4.69, 9.17) is 0 Å². The van der Waals surface area contributed by atoms with E-state index in [1.54, 1.807) is 6.08 Å². The molecule has 0 aliphatic heterocycles. The summed E-state index contributed by atoms with van der Waals surface area (Å²) in [6.45, 7) is 23.6. The summed E-state index contributed by atoms with van der Waals surface area (Å²) >= 11 is 0. The fourth-order valence-electron chi connectivity index (χ4n) is 3.07. The molecular weight excluding hydrogens is 330 g/mol. The molecule has 0 saturated carbocycles. The topological polar surface area (TPSA) is 20.5 Å². The minimum atomic E-state index is 0.903. The molecule has 0 amide bonds. The van der Waals surface area contributed by atoms with Gasteiger partial charge >= 0.3 is 0 Å². The van der Waals surface area contributed by atoms with Crippen LogP contribution >= 0.6 is 0 Å². The van der Waals surface area contributed by atoms with Crippen molar-refractivity contribution in [2.75, 3.05) is 20.1 Å². The van der Waals surface area contributed by atoms with Gasteiger partial charge in [-0.05, 0) is 71.6 Å². The normalized spacial score (nSPS) is 10.1. The van der Waals surface area contributed by atoms with Gasteiger partial charge in [-0.1, -0.05) is 38.5 Å². The Morgan fingerprint density at radius 1 is 1.19 bits per heavy atom. The van der Waals surface area contributed by atoms with E-state index >= 15 is 0 Å². The molecule has 3 nitrogen and oxygen atoms in total. The first-order valence-corrected chi connectivity index (χ1v) is 10.2.